The van der Waals surface area contributed by atoms with Crippen molar-refractivity contribution in [2.45, 2.75) is 40.3 Å². The van der Waals surface area contributed by atoms with Crippen molar-refractivity contribution in [3.8, 4) is 5.69 Å². The molecule has 0 bridgehead atoms. The number of aromatic nitrogens is 4. The number of tetrazole rings is 1. The first kappa shape index (κ1) is 21.2. The van der Waals surface area contributed by atoms with Crippen LogP contribution in [0, 0.1) is 18.8 Å². The lowest BCUT2D eigenvalue weighted by atomic mass is 9.91. The molecule has 0 spiro atoms. The number of amides is 1. The Hall–Kier alpha value is -3.06. The van der Waals surface area contributed by atoms with E-state index in [1.807, 2.05) is 31.2 Å². The van der Waals surface area contributed by atoms with Crippen LogP contribution in [-0.2, 0) is 13.1 Å². The number of rotatable bonds is 6. The number of hydrogen-bond donors (Lipinski definition) is 1. The maximum absolute atomic E-state index is 12.8. The number of hydrogen-bond acceptors (Lipinski definition) is 5. The number of carbonyl (C=O) groups excluding carboxylic acids is 1. The van der Waals surface area contributed by atoms with E-state index in [-0.39, 0.29) is 5.91 Å². The summed E-state index contributed by atoms with van der Waals surface area (Å²) in [5.41, 5.74) is 4.88. The molecule has 1 saturated heterocycles. The Bertz CT molecular complexity index is 1020. The minimum absolute atomic E-state index is 0.0821. The summed E-state index contributed by atoms with van der Waals surface area (Å²) in [5.74, 6) is 1.38. The fourth-order valence-corrected chi connectivity index (χ4v) is 4.65. The fraction of sp³-hybridized carbons (Fsp3) is 0.417. The molecule has 4 rings (SSSR count). The largest absolute Gasteiger partial charge is 0.348 e. The third kappa shape index (κ3) is 5.17. The number of piperidine rings is 1. The van der Waals surface area contributed by atoms with Crippen molar-refractivity contribution >= 4 is 5.91 Å². The number of benzene rings is 2. The first-order valence-corrected chi connectivity index (χ1v) is 10.9. The smallest absolute Gasteiger partial charge is 0.251 e. The van der Waals surface area contributed by atoms with Crippen LogP contribution in [0.5, 0.6) is 0 Å². The molecule has 2 atom stereocenters. The molecular formula is C24H30N6O. The average molecular weight is 419 g/mol. The van der Waals surface area contributed by atoms with Crippen LogP contribution >= 0.6 is 0 Å². The summed E-state index contributed by atoms with van der Waals surface area (Å²) in [6.45, 7) is 10.3. The zero-order valence-corrected chi connectivity index (χ0v) is 18.5. The molecule has 7 nitrogen and oxygen atoms in total. The van der Waals surface area contributed by atoms with Crippen molar-refractivity contribution < 1.29 is 4.79 Å². The lowest BCUT2D eigenvalue weighted by molar-refractivity contribution is 0.0950. The highest BCUT2D eigenvalue weighted by Gasteiger charge is 2.22. The van der Waals surface area contributed by atoms with Crippen LogP contribution in [0.25, 0.3) is 5.69 Å². The molecule has 162 valence electrons. The van der Waals surface area contributed by atoms with Crippen molar-refractivity contribution in [2.24, 2.45) is 11.8 Å². The summed E-state index contributed by atoms with van der Waals surface area (Å²) in [6.07, 6.45) is 2.85. The van der Waals surface area contributed by atoms with Gasteiger partial charge < -0.3 is 5.32 Å². The third-order valence-corrected chi connectivity index (χ3v) is 5.95. The van der Waals surface area contributed by atoms with E-state index in [0.29, 0.717) is 12.1 Å². The van der Waals surface area contributed by atoms with Crippen LogP contribution in [0.2, 0.25) is 0 Å². The van der Waals surface area contributed by atoms with Crippen LogP contribution in [0.4, 0.5) is 0 Å². The Morgan fingerprint density at radius 2 is 1.84 bits per heavy atom. The van der Waals surface area contributed by atoms with Crippen molar-refractivity contribution in [1.29, 1.82) is 0 Å². The molecule has 0 aliphatic carbocycles. The molecule has 31 heavy (non-hydrogen) atoms. The molecule has 2 aromatic carbocycles. The molecule has 0 saturated carbocycles. The van der Waals surface area contributed by atoms with Crippen molar-refractivity contribution in [2.75, 3.05) is 13.1 Å². The maximum Gasteiger partial charge on any atom is 0.251 e. The lowest BCUT2D eigenvalue weighted by Gasteiger charge is -2.35. The van der Waals surface area contributed by atoms with E-state index in [1.54, 1.807) is 11.0 Å². The van der Waals surface area contributed by atoms with Gasteiger partial charge in [-0.1, -0.05) is 38.1 Å². The highest BCUT2D eigenvalue weighted by Crippen LogP contribution is 2.23. The quantitative estimate of drug-likeness (QED) is 0.664. The number of likely N-dealkylation sites (tertiary alicyclic amines) is 1. The van der Waals surface area contributed by atoms with E-state index in [9.17, 15) is 4.79 Å². The summed E-state index contributed by atoms with van der Waals surface area (Å²) >= 11 is 0. The maximum atomic E-state index is 12.8. The van der Waals surface area contributed by atoms with Gasteiger partial charge in [-0.25, -0.2) is 4.68 Å². The van der Waals surface area contributed by atoms with Gasteiger partial charge in [-0.2, -0.15) is 0 Å². The van der Waals surface area contributed by atoms with Gasteiger partial charge in [0.25, 0.3) is 5.91 Å². The second-order valence-electron chi connectivity index (χ2n) is 8.85. The monoisotopic (exact) mass is 418 g/mol. The highest BCUT2D eigenvalue weighted by atomic mass is 16.1. The van der Waals surface area contributed by atoms with Crippen LogP contribution in [-0.4, -0.2) is 44.1 Å². The Labute approximate surface area is 183 Å². The molecule has 1 amide bonds. The first-order chi connectivity index (χ1) is 15.0. The van der Waals surface area contributed by atoms with E-state index in [0.717, 1.165) is 42.7 Å². The number of nitrogens with zero attached hydrogens (tertiary/aromatic N) is 5. The highest BCUT2D eigenvalue weighted by molar-refractivity contribution is 5.94. The molecule has 1 N–H and O–H groups in total. The summed E-state index contributed by atoms with van der Waals surface area (Å²) in [4.78, 5) is 15.3. The van der Waals surface area contributed by atoms with E-state index in [2.05, 4.69) is 57.8 Å². The molecule has 1 aromatic heterocycles. The van der Waals surface area contributed by atoms with Gasteiger partial charge in [0.05, 0.1) is 5.69 Å². The zero-order chi connectivity index (χ0) is 21.8. The molecule has 2 unspecified atom stereocenters. The predicted molar refractivity (Wildman–Crippen MR) is 120 cm³/mol. The van der Waals surface area contributed by atoms with Crippen LogP contribution in [0.3, 0.4) is 0 Å². The number of aryl methyl sites for hydroxylation is 1. The minimum Gasteiger partial charge on any atom is -0.348 e. The topological polar surface area (TPSA) is 75.9 Å². The molecule has 2 heterocycles. The lowest BCUT2D eigenvalue weighted by Crippen LogP contribution is -2.38. The molecule has 1 aliphatic heterocycles. The SMILES string of the molecule is Cc1cc(C(=O)NCc2ccccc2CN2CC(C)CC(C)C2)ccc1-n1cnnn1. The van der Waals surface area contributed by atoms with Crippen LogP contribution in [0.1, 0.15) is 47.3 Å². The Morgan fingerprint density at radius 1 is 1.10 bits per heavy atom. The summed E-state index contributed by atoms with van der Waals surface area (Å²) in [5, 5.41) is 14.3. The molecule has 7 heteroatoms. The zero-order valence-electron chi connectivity index (χ0n) is 18.5. The normalized spacial score (nSPS) is 19.3. The van der Waals surface area contributed by atoms with Gasteiger partial charge in [-0.05, 0) is 70.5 Å². The van der Waals surface area contributed by atoms with Gasteiger partial charge in [0.2, 0.25) is 0 Å². The van der Waals surface area contributed by atoms with E-state index < -0.39 is 0 Å². The summed E-state index contributed by atoms with van der Waals surface area (Å²) in [6, 6.07) is 14.0. The molecule has 1 aliphatic rings. The third-order valence-electron chi connectivity index (χ3n) is 5.95. The average Bonchev–Trinajstić information content (AvgIpc) is 3.26. The standard InChI is InChI=1S/C24H30N6O/c1-17-10-18(2)14-29(13-17)15-22-7-5-4-6-21(22)12-25-24(31)20-8-9-23(19(3)11-20)30-16-26-27-28-30/h4-9,11,16-18H,10,12-15H2,1-3H3,(H,25,31). The van der Waals surface area contributed by atoms with Gasteiger partial charge in [0.1, 0.15) is 6.33 Å². The molecule has 3 aromatic rings. The Kier molecular flexibility index (Phi) is 6.42. The number of carbonyl (C=O) groups is 1. The van der Waals surface area contributed by atoms with E-state index in [1.165, 1.54) is 17.5 Å². The van der Waals surface area contributed by atoms with Gasteiger partial charge in [-0.15, -0.1) is 5.10 Å². The predicted octanol–water partition coefficient (Wildman–Crippen LogP) is 3.38. The van der Waals surface area contributed by atoms with Crippen molar-refractivity contribution in [1.82, 2.24) is 30.4 Å². The van der Waals surface area contributed by atoms with Crippen LogP contribution < -0.4 is 5.32 Å². The number of nitrogens with one attached hydrogen (secondary N) is 1. The van der Waals surface area contributed by atoms with Gasteiger partial charge in [0, 0.05) is 31.7 Å². The minimum atomic E-state index is -0.0821. The molecule has 1 fully saturated rings. The van der Waals surface area contributed by atoms with Crippen molar-refractivity contribution in [3.63, 3.8) is 0 Å². The molecule has 0 radical (unpaired) electrons. The molecular weight excluding hydrogens is 388 g/mol. The van der Waals surface area contributed by atoms with E-state index in [4.69, 9.17) is 0 Å². The van der Waals surface area contributed by atoms with Crippen LogP contribution in [0.15, 0.2) is 48.8 Å². The summed E-state index contributed by atoms with van der Waals surface area (Å²) in [7, 11) is 0. The second kappa shape index (κ2) is 9.39. The Balaban J connectivity index is 1.41. The van der Waals surface area contributed by atoms with Crippen molar-refractivity contribution in [3.05, 3.63) is 71.0 Å². The fourth-order valence-electron chi connectivity index (χ4n) is 4.65. The van der Waals surface area contributed by atoms with Gasteiger partial charge in [-0.3, -0.25) is 9.69 Å². The summed E-state index contributed by atoms with van der Waals surface area (Å²) < 4.78 is 1.59. The van der Waals surface area contributed by atoms with Gasteiger partial charge in [0.15, 0.2) is 0 Å². The first-order valence-electron chi connectivity index (χ1n) is 10.9. The van der Waals surface area contributed by atoms with E-state index >= 15 is 0 Å². The van der Waals surface area contributed by atoms with Gasteiger partial charge >= 0.3 is 0 Å². The second-order valence-corrected chi connectivity index (χ2v) is 8.85. The Morgan fingerprint density at radius 3 is 2.52 bits per heavy atom.